The summed E-state index contributed by atoms with van der Waals surface area (Å²) < 4.78 is 18.0. The molecule has 1 aromatic carbocycles. The van der Waals surface area contributed by atoms with Crippen LogP contribution in [0.5, 0.6) is 0 Å². The first-order valence-corrected chi connectivity index (χ1v) is 6.81. The van der Waals surface area contributed by atoms with E-state index in [9.17, 15) is 14.0 Å². The van der Waals surface area contributed by atoms with Crippen LogP contribution in [0.25, 0.3) is 0 Å². The fraction of sp³-hybridized carbons (Fsp3) is 0.250. The minimum absolute atomic E-state index is 0.0125. The van der Waals surface area contributed by atoms with Gasteiger partial charge < -0.3 is 14.8 Å². The van der Waals surface area contributed by atoms with E-state index in [1.54, 1.807) is 12.1 Å². The maximum absolute atomic E-state index is 12.9. The Kier molecular flexibility index (Phi) is 5.30. The molecule has 1 atom stereocenters. The summed E-state index contributed by atoms with van der Waals surface area (Å²) in [6.45, 7) is 0.245. The first kappa shape index (κ1) is 15.8. The summed E-state index contributed by atoms with van der Waals surface area (Å²) in [6, 6.07) is 8.96. The van der Waals surface area contributed by atoms with Crippen molar-refractivity contribution in [3.63, 3.8) is 0 Å². The normalized spacial score (nSPS) is 11.9. The zero-order valence-corrected chi connectivity index (χ0v) is 11.8. The quantitative estimate of drug-likeness (QED) is 0.824. The number of benzene rings is 1. The number of carbonyl (C=O) groups is 2. The molecular weight excluding hydrogens is 289 g/mol. The van der Waals surface area contributed by atoms with Gasteiger partial charge in [-0.3, -0.25) is 9.59 Å². The van der Waals surface area contributed by atoms with Crippen LogP contribution in [0.15, 0.2) is 47.1 Å². The van der Waals surface area contributed by atoms with Gasteiger partial charge in [-0.25, -0.2) is 4.39 Å². The molecule has 0 saturated heterocycles. The van der Waals surface area contributed by atoms with Crippen molar-refractivity contribution in [1.82, 2.24) is 5.32 Å². The van der Waals surface area contributed by atoms with Gasteiger partial charge in [-0.1, -0.05) is 12.1 Å². The molecule has 0 radical (unpaired) electrons. The highest BCUT2D eigenvalue weighted by atomic mass is 19.1. The number of carboxylic acids is 1. The maximum atomic E-state index is 12.9. The molecule has 0 bridgehead atoms. The Morgan fingerprint density at radius 1 is 1.18 bits per heavy atom. The van der Waals surface area contributed by atoms with E-state index in [0.717, 1.165) is 0 Å². The predicted octanol–water partition coefficient (Wildman–Crippen LogP) is 2.68. The summed E-state index contributed by atoms with van der Waals surface area (Å²) in [7, 11) is 0. The Bertz CT molecular complexity index is 622. The van der Waals surface area contributed by atoms with Crippen molar-refractivity contribution in [2.75, 3.05) is 0 Å². The smallest absolute Gasteiger partial charge is 0.303 e. The zero-order chi connectivity index (χ0) is 15.9. The van der Waals surface area contributed by atoms with Crippen molar-refractivity contribution in [3.05, 3.63) is 59.8 Å². The zero-order valence-electron chi connectivity index (χ0n) is 11.8. The number of hydrogen-bond donors (Lipinski definition) is 2. The number of aliphatic carboxylic acids is 1. The van der Waals surface area contributed by atoms with Crippen LogP contribution in [0, 0.1) is 5.82 Å². The SMILES string of the molecule is O=C(O)CC(CC(=O)NCc1ccco1)c1ccc(F)cc1. The monoisotopic (exact) mass is 305 g/mol. The second-order valence-electron chi connectivity index (χ2n) is 4.91. The summed E-state index contributed by atoms with van der Waals surface area (Å²) in [5.74, 6) is -1.58. The van der Waals surface area contributed by atoms with E-state index >= 15 is 0 Å². The van der Waals surface area contributed by atoms with Gasteiger partial charge in [0.15, 0.2) is 0 Å². The standard InChI is InChI=1S/C16H16FNO4/c17-13-5-3-11(4-6-13)12(9-16(20)21)8-15(19)18-10-14-2-1-7-22-14/h1-7,12H,8-10H2,(H,18,19)(H,20,21). The van der Waals surface area contributed by atoms with Crippen molar-refractivity contribution in [1.29, 1.82) is 0 Å². The predicted molar refractivity (Wildman–Crippen MR) is 76.6 cm³/mol. The van der Waals surface area contributed by atoms with E-state index in [4.69, 9.17) is 9.52 Å². The van der Waals surface area contributed by atoms with Gasteiger partial charge in [-0.15, -0.1) is 0 Å². The molecule has 0 spiro atoms. The van der Waals surface area contributed by atoms with Crippen molar-refractivity contribution < 1.29 is 23.5 Å². The van der Waals surface area contributed by atoms with Crippen LogP contribution in [0.3, 0.4) is 0 Å². The number of carboxylic acid groups (broad SMARTS) is 1. The highest BCUT2D eigenvalue weighted by Crippen LogP contribution is 2.24. The highest BCUT2D eigenvalue weighted by Gasteiger charge is 2.19. The molecule has 2 N–H and O–H groups in total. The van der Waals surface area contributed by atoms with E-state index in [2.05, 4.69) is 5.32 Å². The van der Waals surface area contributed by atoms with Crippen molar-refractivity contribution in [3.8, 4) is 0 Å². The topological polar surface area (TPSA) is 79.5 Å². The minimum Gasteiger partial charge on any atom is -0.481 e. The van der Waals surface area contributed by atoms with Crippen LogP contribution in [-0.4, -0.2) is 17.0 Å². The molecule has 1 amide bonds. The molecule has 0 fully saturated rings. The third-order valence-electron chi connectivity index (χ3n) is 3.23. The van der Waals surface area contributed by atoms with Crippen LogP contribution >= 0.6 is 0 Å². The number of amides is 1. The summed E-state index contributed by atoms with van der Waals surface area (Å²) in [5, 5.41) is 11.6. The van der Waals surface area contributed by atoms with Crippen LogP contribution < -0.4 is 5.32 Å². The van der Waals surface area contributed by atoms with E-state index < -0.39 is 17.7 Å². The van der Waals surface area contributed by atoms with E-state index in [0.29, 0.717) is 11.3 Å². The molecule has 5 nitrogen and oxygen atoms in total. The number of hydrogen-bond acceptors (Lipinski definition) is 3. The Labute approximate surface area is 126 Å². The van der Waals surface area contributed by atoms with Crippen molar-refractivity contribution in [2.45, 2.75) is 25.3 Å². The lowest BCUT2D eigenvalue weighted by molar-refractivity contribution is -0.137. The number of carbonyl (C=O) groups excluding carboxylic acids is 1. The molecular formula is C16H16FNO4. The van der Waals surface area contributed by atoms with E-state index in [1.165, 1.54) is 30.5 Å². The highest BCUT2D eigenvalue weighted by molar-refractivity contribution is 5.78. The molecule has 0 aliphatic rings. The molecule has 0 aliphatic carbocycles. The first-order chi connectivity index (χ1) is 10.5. The van der Waals surface area contributed by atoms with E-state index in [-0.39, 0.29) is 25.3 Å². The molecule has 0 saturated carbocycles. The summed E-state index contributed by atoms with van der Waals surface area (Å²) >= 11 is 0. The third-order valence-corrected chi connectivity index (χ3v) is 3.23. The fourth-order valence-electron chi connectivity index (χ4n) is 2.15. The number of nitrogens with one attached hydrogen (secondary N) is 1. The average molecular weight is 305 g/mol. The molecule has 6 heteroatoms. The molecule has 2 aromatic rings. The Morgan fingerprint density at radius 3 is 2.50 bits per heavy atom. The van der Waals surface area contributed by atoms with Gasteiger partial charge in [0.1, 0.15) is 11.6 Å². The number of rotatable bonds is 7. The first-order valence-electron chi connectivity index (χ1n) is 6.81. The van der Waals surface area contributed by atoms with Crippen LogP contribution in [0.2, 0.25) is 0 Å². The van der Waals surface area contributed by atoms with Crippen molar-refractivity contribution in [2.24, 2.45) is 0 Å². The Balaban J connectivity index is 1.98. The molecule has 22 heavy (non-hydrogen) atoms. The van der Waals surface area contributed by atoms with Gasteiger partial charge in [0.05, 0.1) is 19.2 Å². The molecule has 116 valence electrons. The second-order valence-corrected chi connectivity index (χ2v) is 4.91. The van der Waals surface area contributed by atoms with Gasteiger partial charge in [0, 0.05) is 12.3 Å². The summed E-state index contributed by atoms with van der Waals surface area (Å²) in [5.41, 5.74) is 0.622. The molecule has 0 aliphatic heterocycles. The number of halogens is 1. The number of furan rings is 1. The summed E-state index contributed by atoms with van der Waals surface area (Å²) in [6.07, 6.45) is 1.33. The Hall–Kier alpha value is -2.63. The minimum atomic E-state index is -1.01. The lowest BCUT2D eigenvalue weighted by atomic mass is 9.92. The molecule has 1 aromatic heterocycles. The lowest BCUT2D eigenvalue weighted by Crippen LogP contribution is -2.25. The Morgan fingerprint density at radius 2 is 1.91 bits per heavy atom. The maximum Gasteiger partial charge on any atom is 0.303 e. The van der Waals surface area contributed by atoms with Crippen LogP contribution in [-0.2, 0) is 16.1 Å². The van der Waals surface area contributed by atoms with Gasteiger partial charge >= 0.3 is 5.97 Å². The fourth-order valence-corrected chi connectivity index (χ4v) is 2.15. The van der Waals surface area contributed by atoms with Crippen LogP contribution in [0.1, 0.15) is 30.1 Å². The molecule has 1 unspecified atom stereocenters. The molecule has 2 rings (SSSR count). The van der Waals surface area contributed by atoms with E-state index in [1.807, 2.05) is 0 Å². The van der Waals surface area contributed by atoms with Crippen molar-refractivity contribution >= 4 is 11.9 Å². The van der Waals surface area contributed by atoms with Gasteiger partial charge in [0.2, 0.25) is 5.91 Å². The van der Waals surface area contributed by atoms with Crippen LogP contribution in [0.4, 0.5) is 4.39 Å². The second kappa shape index (κ2) is 7.40. The molecule has 1 heterocycles. The van der Waals surface area contributed by atoms with Gasteiger partial charge in [-0.05, 0) is 29.8 Å². The average Bonchev–Trinajstić information content (AvgIpc) is 2.98. The van der Waals surface area contributed by atoms with Gasteiger partial charge in [0.25, 0.3) is 0 Å². The van der Waals surface area contributed by atoms with Gasteiger partial charge in [-0.2, -0.15) is 0 Å². The third kappa shape index (κ3) is 4.73. The summed E-state index contributed by atoms with van der Waals surface area (Å²) in [4.78, 5) is 22.9. The largest absolute Gasteiger partial charge is 0.481 e. The lowest BCUT2D eigenvalue weighted by Gasteiger charge is -2.15.